The number of esters is 1. The molecule has 1 aromatic heterocycles. The maximum atomic E-state index is 12.9. The molecular weight excluding hydrogens is 430 g/mol. The maximum Gasteiger partial charge on any atom is 0.373 e. The number of ether oxygens (including phenoxy) is 2. The molecule has 0 saturated carbocycles. The van der Waals surface area contributed by atoms with E-state index in [9.17, 15) is 14.4 Å². The first-order valence-corrected chi connectivity index (χ1v) is 10.5. The lowest BCUT2D eigenvalue weighted by molar-refractivity contribution is -0.123. The van der Waals surface area contributed by atoms with Crippen LogP contribution in [-0.4, -0.2) is 29.1 Å². The molecule has 0 atom stereocenters. The van der Waals surface area contributed by atoms with Crippen LogP contribution in [0.1, 0.15) is 27.4 Å². The van der Waals surface area contributed by atoms with Crippen molar-refractivity contribution in [1.29, 1.82) is 0 Å². The third kappa shape index (κ3) is 4.76. The smallest absolute Gasteiger partial charge is 0.373 e. The van der Waals surface area contributed by atoms with Crippen molar-refractivity contribution in [2.24, 2.45) is 0 Å². The Balaban J connectivity index is 1.49. The van der Waals surface area contributed by atoms with Crippen LogP contribution in [-0.2, 0) is 22.7 Å². The van der Waals surface area contributed by atoms with Crippen LogP contribution in [0.3, 0.4) is 0 Å². The van der Waals surface area contributed by atoms with Gasteiger partial charge >= 0.3 is 5.97 Å². The highest BCUT2D eigenvalue weighted by molar-refractivity contribution is 8.18. The number of benzene rings is 2. The molecule has 32 heavy (non-hydrogen) atoms. The van der Waals surface area contributed by atoms with Crippen molar-refractivity contribution in [2.75, 3.05) is 7.11 Å². The van der Waals surface area contributed by atoms with Gasteiger partial charge in [-0.15, -0.1) is 0 Å². The number of thioether (sulfide) groups is 1. The van der Waals surface area contributed by atoms with Crippen LogP contribution in [0.2, 0.25) is 0 Å². The van der Waals surface area contributed by atoms with Gasteiger partial charge in [0, 0.05) is 5.56 Å². The van der Waals surface area contributed by atoms with E-state index >= 15 is 0 Å². The Morgan fingerprint density at radius 2 is 1.78 bits per heavy atom. The normalized spacial score (nSPS) is 14.8. The second-order valence-electron chi connectivity index (χ2n) is 6.84. The van der Waals surface area contributed by atoms with Gasteiger partial charge in [0.05, 0.1) is 18.6 Å². The van der Waals surface area contributed by atoms with Crippen LogP contribution in [0, 0.1) is 0 Å². The predicted molar refractivity (Wildman–Crippen MR) is 119 cm³/mol. The van der Waals surface area contributed by atoms with Crippen molar-refractivity contribution in [3.05, 3.63) is 94.3 Å². The van der Waals surface area contributed by atoms with Crippen molar-refractivity contribution in [2.45, 2.75) is 13.2 Å². The molecule has 0 unspecified atom stereocenters. The molecule has 0 aliphatic carbocycles. The minimum atomic E-state index is -0.627. The quantitative estimate of drug-likeness (QED) is 0.375. The van der Waals surface area contributed by atoms with Gasteiger partial charge in [-0.2, -0.15) is 0 Å². The van der Waals surface area contributed by atoms with Gasteiger partial charge in [-0.05, 0) is 41.6 Å². The number of carbonyl (C=O) groups excluding carboxylic acids is 3. The lowest BCUT2D eigenvalue weighted by Gasteiger charge is -2.11. The first-order chi connectivity index (χ1) is 15.5. The SMILES string of the molecule is COC(=O)c1ccc(CN2C(=O)S/C(=C/c3ccccc3OCc3ccccc3)C2=O)o1. The molecule has 1 aliphatic heterocycles. The third-order valence-corrected chi connectivity index (χ3v) is 5.59. The zero-order valence-corrected chi connectivity index (χ0v) is 18.0. The highest BCUT2D eigenvalue weighted by atomic mass is 32.2. The van der Waals surface area contributed by atoms with E-state index < -0.39 is 17.1 Å². The van der Waals surface area contributed by atoms with E-state index in [0.29, 0.717) is 23.7 Å². The van der Waals surface area contributed by atoms with Crippen LogP contribution in [0.5, 0.6) is 5.75 Å². The molecule has 0 N–H and O–H groups in total. The van der Waals surface area contributed by atoms with Crippen molar-refractivity contribution in [1.82, 2.24) is 4.90 Å². The summed E-state index contributed by atoms with van der Waals surface area (Å²) in [4.78, 5) is 38.2. The van der Waals surface area contributed by atoms with Crippen molar-refractivity contribution < 1.29 is 28.3 Å². The average molecular weight is 449 g/mol. The van der Waals surface area contributed by atoms with Gasteiger partial charge in [0.25, 0.3) is 11.1 Å². The monoisotopic (exact) mass is 449 g/mol. The van der Waals surface area contributed by atoms with Crippen LogP contribution in [0.25, 0.3) is 6.08 Å². The van der Waals surface area contributed by atoms with E-state index in [0.717, 1.165) is 22.2 Å². The van der Waals surface area contributed by atoms with E-state index in [1.807, 2.05) is 54.6 Å². The number of carbonyl (C=O) groups is 3. The molecular formula is C24H19NO6S. The summed E-state index contributed by atoms with van der Waals surface area (Å²) in [5, 5.41) is -0.417. The molecule has 7 nitrogen and oxygen atoms in total. The molecule has 1 fully saturated rings. The Morgan fingerprint density at radius 1 is 1.03 bits per heavy atom. The van der Waals surface area contributed by atoms with E-state index in [2.05, 4.69) is 4.74 Å². The summed E-state index contributed by atoms with van der Waals surface area (Å²) < 4.78 is 15.9. The highest BCUT2D eigenvalue weighted by Gasteiger charge is 2.36. The number of hydrogen-bond donors (Lipinski definition) is 0. The van der Waals surface area contributed by atoms with E-state index in [1.54, 1.807) is 6.08 Å². The Hall–Kier alpha value is -3.78. The largest absolute Gasteiger partial charge is 0.488 e. The van der Waals surface area contributed by atoms with Gasteiger partial charge in [-0.3, -0.25) is 14.5 Å². The summed E-state index contributed by atoms with van der Waals surface area (Å²) in [5.41, 5.74) is 1.72. The van der Waals surface area contributed by atoms with Gasteiger partial charge in [0.2, 0.25) is 5.76 Å². The second-order valence-corrected chi connectivity index (χ2v) is 7.83. The average Bonchev–Trinajstić information content (AvgIpc) is 3.39. The first kappa shape index (κ1) is 21.5. The van der Waals surface area contributed by atoms with E-state index in [4.69, 9.17) is 9.15 Å². The number of methoxy groups -OCH3 is 1. The number of amides is 2. The minimum absolute atomic E-state index is 0.00880. The fraction of sp³-hybridized carbons (Fsp3) is 0.125. The molecule has 162 valence electrons. The standard InChI is InChI=1S/C24H19NO6S/c1-29-23(27)20-12-11-18(31-20)14-25-22(26)21(32-24(25)28)13-17-9-5-6-10-19(17)30-15-16-7-3-2-4-8-16/h2-13H,14-15H2,1H3/b21-13+. The molecule has 1 saturated heterocycles. The summed E-state index contributed by atoms with van der Waals surface area (Å²) in [6.07, 6.45) is 1.65. The second kappa shape index (κ2) is 9.57. The first-order valence-electron chi connectivity index (χ1n) is 9.73. The molecule has 0 spiro atoms. The molecule has 2 amide bonds. The molecule has 0 radical (unpaired) electrons. The summed E-state index contributed by atoms with van der Waals surface area (Å²) in [7, 11) is 1.24. The van der Waals surface area contributed by atoms with Crippen molar-refractivity contribution in [3.8, 4) is 5.75 Å². The Kier molecular flexibility index (Phi) is 6.42. The van der Waals surface area contributed by atoms with Crippen molar-refractivity contribution in [3.63, 3.8) is 0 Å². The maximum absolute atomic E-state index is 12.9. The van der Waals surface area contributed by atoms with Gasteiger partial charge < -0.3 is 13.9 Å². The molecule has 1 aliphatic rings. The zero-order chi connectivity index (χ0) is 22.5. The summed E-state index contributed by atoms with van der Waals surface area (Å²) in [6.45, 7) is 0.305. The fourth-order valence-corrected chi connectivity index (χ4v) is 3.90. The highest BCUT2D eigenvalue weighted by Crippen LogP contribution is 2.35. The topological polar surface area (TPSA) is 86.0 Å². The van der Waals surface area contributed by atoms with Gasteiger partial charge in [0.15, 0.2) is 0 Å². The minimum Gasteiger partial charge on any atom is -0.488 e. The van der Waals surface area contributed by atoms with Crippen molar-refractivity contribution >= 4 is 35.0 Å². The predicted octanol–water partition coefficient (Wildman–Crippen LogP) is 4.88. The summed E-state index contributed by atoms with van der Waals surface area (Å²) >= 11 is 0.846. The number of furan rings is 1. The summed E-state index contributed by atoms with van der Waals surface area (Å²) in [6, 6.07) is 20.0. The Labute approximate surface area is 188 Å². The molecule has 2 heterocycles. The van der Waals surface area contributed by atoms with E-state index in [1.165, 1.54) is 19.2 Å². The molecule has 0 bridgehead atoms. The fourth-order valence-electron chi connectivity index (χ4n) is 3.07. The lowest BCUT2D eigenvalue weighted by Crippen LogP contribution is -2.27. The number of para-hydroxylation sites is 1. The van der Waals surface area contributed by atoms with Crippen LogP contribution < -0.4 is 4.74 Å². The Bertz CT molecular complexity index is 1180. The molecule has 4 rings (SSSR count). The molecule has 3 aromatic rings. The van der Waals surface area contributed by atoms with Gasteiger partial charge in [0.1, 0.15) is 18.1 Å². The third-order valence-electron chi connectivity index (χ3n) is 4.68. The number of imide groups is 1. The number of rotatable bonds is 7. The molecule has 8 heteroatoms. The lowest BCUT2D eigenvalue weighted by atomic mass is 10.1. The van der Waals surface area contributed by atoms with Crippen LogP contribution >= 0.6 is 11.8 Å². The summed E-state index contributed by atoms with van der Waals surface area (Å²) in [5.74, 6) is -0.141. The number of nitrogens with zero attached hydrogens (tertiary/aromatic N) is 1. The van der Waals surface area contributed by atoms with Gasteiger partial charge in [-0.25, -0.2) is 4.79 Å². The Morgan fingerprint density at radius 3 is 2.56 bits per heavy atom. The van der Waals surface area contributed by atoms with E-state index in [-0.39, 0.29) is 17.2 Å². The van der Waals surface area contributed by atoms with Crippen LogP contribution in [0.15, 0.2) is 76.1 Å². The zero-order valence-electron chi connectivity index (χ0n) is 17.1. The molecule has 2 aromatic carbocycles. The van der Waals surface area contributed by atoms with Gasteiger partial charge in [-0.1, -0.05) is 48.5 Å². The number of hydrogen-bond acceptors (Lipinski definition) is 7. The van der Waals surface area contributed by atoms with Crippen LogP contribution in [0.4, 0.5) is 4.79 Å².